The molecule has 0 atom stereocenters. The van der Waals surface area contributed by atoms with Crippen LogP contribution in [0.4, 0.5) is 0 Å². The summed E-state index contributed by atoms with van der Waals surface area (Å²) in [6, 6.07) is 0. The highest BCUT2D eigenvalue weighted by Crippen LogP contribution is 2.09. The number of aliphatic imine (C=N–C) groups is 1. The number of hydrogen-bond acceptors (Lipinski definition) is 3. The molecule has 0 aromatic rings. The van der Waals surface area contributed by atoms with E-state index in [4.69, 9.17) is 5.73 Å². The van der Waals surface area contributed by atoms with Gasteiger partial charge in [-0.3, -0.25) is 4.99 Å². The molecule has 1 heterocycles. The minimum absolute atomic E-state index is 0. The van der Waals surface area contributed by atoms with Crippen LogP contribution in [0, 0.1) is 0 Å². The summed E-state index contributed by atoms with van der Waals surface area (Å²) in [5, 5.41) is 0. The van der Waals surface area contributed by atoms with Crippen molar-refractivity contribution in [2.45, 2.75) is 39.0 Å². The van der Waals surface area contributed by atoms with Crippen LogP contribution < -0.4 is 5.73 Å². The van der Waals surface area contributed by atoms with Gasteiger partial charge in [0.2, 0.25) is 10.0 Å². The molecular weight excluding hydrogens is 403 g/mol. The Bertz CT molecular complexity index is 406. The van der Waals surface area contributed by atoms with E-state index in [1.54, 1.807) is 14.0 Å². The molecule has 8 heteroatoms. The molecule has 21 heavy (non-hydrogen) atoms. The van der Waals surface area contributed by atoms with Crippen LogP contribution in [-0.4, -0.2) is 62.6 Å². The molecule has 0 unspecified atom stereocenters. The Morgan fingerprint density at radius 2 is 1.81 bits per heavy atom. The van der Waals surface area contributed by atoms with Crippen molar-refractivity contribution in [1.29, 1.82) is 0 Å². The highest BCUT2D eigenvalue weighted by molar-refractivity contribution is 14.0. The summed E-state index contributed by atoms with van der Waals surface area (Å²) in [4.78, 5) is 6.51. The predicted molar refractivity (Wildman–Crippen MR) is 98.7 cm³/mol. The van der Waals surface area contributed by atoms with Crippen LogP contribution in [0.1, 0.15) is 39.0 Å². The first-order valence-corrected chi connectivity index (χ1v) is 9.07. The molecule has 0 radical (unpaired) electrons. The van der Waals surface area contributed by atoms with Gasteiger partial charge in [-0.25, -0.2) is 12.7 Å². The van der Waals surface area contributed by atoms with E-state index in [9.17, 15) is 8.42 Å². The van der Waals surface area contributed by atoms with Gasteiger partial charge in [0, 0.05) is 33.2 Å². The molecule has 2 N–H and O–H groups in total. The van der Waals surface area contributed by atoms with Gasteiger partial charge in [0.15, 0.2) is 5.96 Å². The summed E-state index contributed by atoms with van der Waals surface area (Å²) in [5.74, 6) is 0.746. The number of halogens is 1. The van der Waals surface area contributed by atoms with Crippen LogP contribution in [0.3, 0.4) is 0 Å². The summed E-state index contributed by atoms with van der Waals surface area (Å²) >= 11 is 0. The van der Waals surface area contributed by atoms with E-state index in [0.29, 0.717) is 25.5 Å². The molecule has 1 fully saturated rings. The molecule has 0 spiro atoms. The van der Waals surface area contributed by atoms with E-state index in [1.165, 1.54) is 30.0 Å². The standard InChI is InChI=1S/C13H28N4O2S.HI/c1-3-20(18,19)16(2)10-8-9-15-13(14)17-11-6-4-5-7-12-17;/h3-12H2,1-2H3,(H2,14,15);1H. The fraction of sp³-hybridized carbons (Fsp3) is 0.923. The molecule has 1 rings (SSSR count). The van der Waals surface area contributed by atoms with Crippen molar-refractivity contribution in [1.82, 2.24) is 9.21 Å². The van der Waals surface area contributed by atoms with Crippen molar-refractivity contribution in [3.63, 3.8) is 0 Å². The smallest absolute Gasteiger partial charge is 0.213 e. The molecule has 6 nitrogen and oxygen atoms in total. The zero-order valence-corrected chi connectivity index (χ0v) is 16.3. The number of rotatable bonds is 6. The summed E-state index contributed by atoms with van der Waals surface area (Å²) < 4.78 is 24.5. The van der Waals surface area contributed by atoms with E-state index >= 15 is 0 Å². The van der Waals surface area contributed by atoms with Crippen molar-refractivity contribution in [2.75, 3.05) is 39.0 Å². The average molecular weight is 432 g/mol. The molecule has 0 bridgehead atoms. The Morgan fingerprint density at radius 3 is 2.33 bits per heavy atom. The number of hydrogen-bond donors (Lipinski definition) is 1. The first-order chi connectivity index (χ1) is 9.47. The van der Waals surface area contributed by atoms with Crippen LogP contribution in [-0.2, 0) is 10.0 Å². The van der Waals surface area contributed by atoms with Gasteiger partial charge in [-0.15, -0.1) is 24.0 Å². The van der Waals surface area contributed by atoms with E-state index in [1.807, 2.05) is 0 Å². The molecule has 126 valence electrons. The number of guanidine groups is 1. The van der Waals surface area contributed by atoms with Crippen molar-refractivity contribution < 1.29 is 8.42 Å². The minimum Gasteiger partial charge on any atom is -0.370 e. The van der Waals surface area contributed by atoms with Crippen LogP contribution in [0.5, 0.6) is 0 Å². The van der Waals surface area contributed by atoms with E-state index in [0.717, 1.165) is 13.1 Å². The largest absolute Gasteiger partial charge is 0.370 e. The maximum absolute atomic E-state index is 11.6. The van der Waals surface area contributed by atoms with Gasteiger partial charge in [0.1, 0.15) is 0 Å². The third-order valence-electron chi connectivity index (χ3n) is 3.67. The van der Waals surface area contributed by atoms with Gasteiger partial charge >= 0.3 is 0 Å². The zero-order valence-electron chi connectivity index (χ0n) is 13.1. The molecule has 1 aliphatic heterocycles. The van der Waals surface area contributed by atoms with Crippen LogP contribution in [0.15, 0.2) is 4.99 Å². The lowest BCUT2D eigenvalue weighted by molar-refractivity contribution is 0.426. The SMILES string of the molecule is CCS(=O)(=O)N(C)CCCN=C(N)N1CCCCCC1.I. The molecular formula is C13H29IN4O2S. The van der Waals surface area contributed by atoms with Crippen molar-refractivity contribution >= 4 is 40.0 Å². The lowest BCUT2D eigenvalue weighted by atomic mass is 10.2. The van der Waals surface area contributed by atoms with Crippen molar-refractivity contribution in [3.8, 4) is 0 Å². The topological polar surface area (TPSA) is 79.0 Å². The third kappa shape index (κ3) is 7.64. The number of likely N-dealkylation sites (tertiary alicyclic amines) is 1. The lowest BCUT2D eigenvalue weighted by Crippen LogP contribution is -2.38. The lowest BCUT2D eigenvalue weighted by Gasteiger charge is -2.21. The summed E-state index contributed by atoms with van der Waals surface area (Å²) in [7, 11) is -1.47. The number of sulfonamides is 1. The molecule has 0 aromatic carbocycles. The van der Waals surface area contributed by atoms with E-state index < -0.39 is 10.0 Å². The predicted octanol–water partition coefficient (Wildman–Crippen LogP) is 1.47. The van der Waals surface area contributed by atoms with E-state index in [2.05, 4.69) is 9.89 Å². The Kier molecular flexibility index (Phi) is 10.6. The van der Waals surface area contributed by atoms with Crippen molar-refractivity contribution in [3.05, 3.63) is 0 Å². The molecule has 0 aliphatic carbocycles. The number of nitrogens with two attached hydrogens (primary N) is 1. The van der Waals surface area contributed by atoms with Gasteiger partial charge in [-0.05, 0) is 26.2 Å². The fourth-order valence-corrected chi connectivity index (χ4v) is 3.09. The Morgan fingerprint density at radius 1 is 1.24 bits per heavy atom. The van der Waals surface area contributed by atoms with Crippen LogP contribution in [0.2, 0.25) is 0 Å². The van der Waals surface area contributed by atoms with Crippen molar-refractivity contribution in [2.24, 2.45) is 10.7 Å². The van der Waals surface area contributed by atoms with Crippen LogP contribution >= 0.6 is 24.0 Å². The first-order valence-electron chi connectivity index (χ1n) is 7.46. The third-order valence-corrected chi connectivity index (χ3v) is 5.54. The van der Waals surface area contributed by atoms with Gasteiger partial charge in [0.25, 0.3) is 0 Å². The van der Waals surface area contributed by atoms with Gasteiger partial charge < -0.3 is 10.6 Å². The summed E-state index contributed by atoms with van der Waals surface area (Å²) in [5.41, 5.74) is 5.99. The summed E-state index contributed by atoms with van der Waals surface area (Å²) in [6.45, 7) is 4.69. The van der Waals surface area contributed by atoms with Gasteiger partial charge in [-0.1, -0.05) is 12.8 Å². The quantitative estimate of drug-likeness (QED) is 0.298. The summed E-state index contributed by atoms with van der Waals surface area (Å²) in [6.07, 6.45) is 5.58. The molecule has 1 aliphatic rings. The van der Waals surface area contributed by atoms with Crippen LogP contribution in [0.25, 0.3) is 0 Å². The molecule has 0 saturated carbocycles. The van der Waals surface area contributed by atoms with E-state index in [-0.39, 0.29) is 29.7 Å². The molecule has 1 saturated heterocycles. The molecule has 0 aromatic heterocycles. The second-order valence-electron chi connectivity index (χ2n) is 5.22. The number of nitrogens with zero attached hydrogens (tertiary/aromatic N) is 3. The Hall–Kier alpha value is -0.0900. The molecule has 0 amide bonds. The second-order valence-corrected chi connectivity index (χ2v) is 7.58. The zero-order chi connectivity index (χ0) is 15.0. The van der Waals surface area contributed by atoms with Gasteiger partial charge in [-0.2, -0.15) is 0 Å². The maximum Gasteiger partial charge on any atom is 0.213 e. The minimum atomic E-state index is -3.08. The Balaban J connectivity index is 0.00000400. The average Bonchev–Trinajstić information content (AvgIpc) is 2.72. The first kappa shape index (κ1) is 20.9. The fourth-order valence-electron chi connectivity index (χ4n) is 2.25. The Labute approximate surface area is 146 Å². The maximum atomic E-state index is 11.6. The highest BCUT2D eigenvalue weighted by atomic mass is 127. The second kappa shape index (κ2) is 10.6. The monoisotopic (exact) mass is 432 g/mol. The van der Waals surface area contributed by atoms with Gasteiger partial charge in [0.05, 0.1) is 5.75 Å². The normalized spacial score (nSPS) is 17.5. The highest BCUT2D eigenvalue weighted by Gasteiger charge is 2.14.